The highest BCUT2D eigenvalue weighted by Gasteiger charge is 2.45. The lowest BCUT2D eigenvalue weighted by Gasteiger charge is -2.35. The Hall–Kier alpha value is -0.450. The number of hydrogen-bond acceptors (Lipinski definition) is 4. The molecule has 0 bridgehead atoms. The SMILES string of the molecule is CCCCCCCCCCCCCCCCCC(=O)C(CO)(C(=O)CCCCCCCCCCCCCCCCC)N(C)C.Cl. The Kier molecular flexibility index (Phi) is 36.2. The Morgan fingerprint density at radius 2 is 0.622 bits per heavy atom. The van der Waals surface area contributed by atoms with Crippen LogP contribution < -0.4 is 0 Å². The predicted molar refractivity (Wildman–Crippen MR) is 200 cm³/mol. The first kappa shape index (κ1) is 46.7. The largest absolute Gasteiger partial charge is 0.393 e. The van der Waals surface area contributed by atoms with E-state index < -0.39 is 12.1 Å². The molecule has 0 aromatic rings. The van der Waals surface area contributed by atoms with E-state index in [1.807, 2.05) is 0 Å². The second kappa shape index (κ2) is 34.9. The maximum absolute atomic E-state index is 13.3. The van der Waals surface area contributed by atoms with Gasteiger partial charge in [0.15, 0.2) is 17.1 Å². The second-order valence-electron chi connectivity index (χ2n) is 14.2. The van der Waals surface area contributed by atoms with Crippen LogP contribution in [0.3, 0.4) is 0 Å². The van der Waals surface area contributed by atoms with E-state index in [1.165, 1.54) is 154 Å². The quantitative estimate of drug-likeness (QED) is 0.0538. The molecule has 4 nitrogen and oxygen atoms in total. The summed E-state index contributed by atoms with van der Waals surface area (Å²) in [6.45, 7) is 4.14. The number of rotatable bonds is 36. The van der Waals surface area contributed by atoms with Crippen molar-refractivity contribution < 1.29 is 14.7 Å². The van der Waals surface area contributed by atoms with Crippen LogP contribution in [0.25, 0.3) is 0 Å². The van der Waals surface area contributed by atoms with E-state index in [2.05, 4.69) is 13.8 Å². The fourth-order valence-corrected chi connectivity index (χ4v) is 6.70. The summed E-state index contributed by atoms with van der Waals surface area (Å²) in [4.78, 5) is 28.2. The molecule has 0 heterocycles. The number of nitrogens with zero attached hydrogens (tertiary/aromatic N) is 1. The Morgan fingerprint density at radius 1 is 0.422 bits per heavy atom. The maximum atomic E-state index is 13.3. The topological polar surface area (TPSA) is 57.6 Å². The first-order valence-corrected chi connectivity index (χ1v) is 19.8. The van der Waals surface area contributed by atoms with Gasteiger partial charge in [-0.05, 0) is 26.9 Å². The molecule has 0 aliphatic heterocycles. The van der Waals surface area contributed by atoms with Crippen molar-refractivity contribution in [3.05, 3.63) is 0 Å². The summed E-state index contributed by atoms with van der Waals surface area (Å²) in [6, 6.07) is 0. The third-order valence-corrected chi connectivity index (χ3v) is 9.93. The first-order chi connectivity index (χ1) is 21.5. The summed E-state index contributed by atoms with van der Waals surface area (Å²) >= 11 is 0. The summed E-state index contributed by atoms with van der Waals surface area (Å²) < 4.78 is 0. The van der Waals surface area contributed by atoms with E-state index in [1.54, 1.807) is 19.0 Å². The van der Waals surface area contributed by atoms with E-state index in [0.29, 0.717) is 12.8 Å². The van der Waals surface area contributed by atoms with Gasteiger partial charge < -0.3 is 5.11 Å². The smallest absolute Gasteiger partial charge is 0.163 e. The minimum Gasteiger partial charge on any atom is -0.393 e. The number of ketones is 2. The number of likely N-dealkylation sites (N-methyl/N-ethyl adjacent to an activating group) is 1. The van der Waals surface area contributed by atoms with Gasteiger partial charge in [-0.25, -0.2) is 0 Å². The maximum Gasteiger partial charge on any atom is 0.163 e. The number of carbonyl (C=O) groups excluding carboxylic acids is 2. The van der Waals surface area contributed by atoms with Gasteiger partial charge >= 0.3 is 0 Å². The molecule has 1 N–H and O–H groups in total. The summed E-state index contributed by atoms with van der Waals surface area (Å²) in [5.74, 6) is -0.184. The number of aliphatic hydroxyl groups excluding tert-OH is 1. The molecule has 0 atom stereocenters. The molecule has 0 spiro atoms. The van der Waals surface area contributed by atoms with Crippen molar-refractivity contribution >= 4 is 24.0 Å². The predicted octanol–water partition coefficient (Wildman–Crippen LogP) is 12.4. The van der Waals surface area contributed by atoms with E-state index in [0.717, 1.165) is 38.5 Å². The van der Waals surface area contributed by atoms with E-state index in [-0.39, 0.29) is 24.0 Å². The summed E-state index contributed by atoms with van der Waals surface area (Å²) in [5, 5.41) is 10.3. The molecule has 45 heavy (non-hydrogen) atoms. The highest BCUT2D eigenvalue weighted by molar-refractivity contribution is 6.11. The Balaban J connectivity index is 0. The van der Waals surface area contributed by atoms with Crippen LogP contribution in [-0.4, -0.2) is 47.8 Å². The van der Waals surface area contributed by atoms with Crippen molar-refractivity contribution in [2.45, 2.75) is 225 Å². The second-order valence-corrected chi connectivity index (χ2v) is 14.2. The van der Waals surface area contributed by atoms with Crippen LogP contribution in [0.15, 0.2) is 0 Å². The molecule has 5 heteroatoms. The summed E-state index contributed by atoms with van der Waals surface area (Å²) in [5.41, 5.74) is -1.36. The van der Waals surface area contributed by atoms with E-state index in [9.17, 15) is 14.7 Å². The van der Waals surface area contributed by atoms with Crippen LogP contribution in [0, 0.1) is 0 Å². The molecule has 0 aliphatic rings. The number of hydrogen-bond donors (Lipinski definition) is 1. The third kappa shape index (κ3) is 25.3. The van der Waals surface area contributed by atoms with Gasteiger partial charge in [-0.3, -0.25) is 14.5 Å². The van der Waals surface area contributed by atoms with Crippen molar-refractivity contribution in [3.8, 4) is 0 Å². The highest BCUT2D eigenvalue weighted by atomic mass is 35.5. The van der Waals surface area contributed by atoms with Gasteiger partial charge in [0, 0.05) is 12.8 Å². The number of halogens is 1. The standard InChI is InChI=1S/C40H79NO3.ClH/c1-5-7-9-11-13-15-17-19-21-23-25-27-29-31-33-35-38(43)40(37-42,41(3)4)39(44)36-34-32-30-28-26-24-22-20-18-16-14-12-10-8-6-2;/h42H,5-37H2,1-4H3;1H. The monoisotopic (exact) mass is 658 g/mol. The minimum atomic E-state index is -1.36. The van der Waals surface area contributed by atoms with Crippen LogP contribution in [0.2, 0.25) is 0 Å². The molecule has 0 radical (unpaired) electrons. The molecule has 0 aliphatic carbocycles. The molecular formula is C40H80ClNO3. The summed E-state index contributed by atoms with van der Waals surface area (Å²) in [6.07, 6.45) is 39.5. The zero-order chi connectivity index (χ0) is 32.6. The van der Waals surface area contributed by atoms with Gasteiger partial charge in [0.1, 0.15) is 0 Å². The van der Waals surface area contributed by atoms with Crippen molar-refractivity contribution in [2.24, 2.45) is 0 Å². The number of carbonyl (C=O) groups is 2. The molecule has 0 rings (SSSR count). The van der Waals surface area contributed by atoms with Crippen molar-refractivity contribution in [1.82, 2.24) is 4.90 Å². The minimum absolute atomic E-state index is 0. The molecule has 0 amide bonds. The van der Waals surface area contributed by atoms with Gasteiger partial charge in [-0.1, -0.05) is 194 Å². The molecule has 0 unspecified atom stereocenters. The van der Waals surface area contributed by atoms with Crippen LogP contribution in [0.5, 0.6) is 0 Å². The van der Waals surface area contributed by atoms with Gasteiger partial charge in [-0.15, -0.1) is 12.4 Å². The van der Waals surface area contributed by atoms with Crippen molar-refractivity contribution in [1.29, 1.82) is 0 Å². The third-order valence-electron chi connectivity index (χ3n) is 9.93. The number of Topliss-reactive ketones (excluding diaryl/α,β-unsaturated/α-hetero) is 2. The van der Waals surface area contributed by atoms with Gasteiger partial charge in [0.2, 0.25) is 0 Å². The lowest BCUT2D eigenvalue weighted by Crippen LogP contribution is -2.60. The van der Waals surface area contributed by atoms with Crippen molar-refractivity contribution in [2.75, 3.05) is 20.7 Å². The zero-order valence-electron chi connectivity index (χ0n) is 31.0. The lowest BCUT2D eigenvalue weighted by atomic mass is 9.83. The normalized spacial score (nSPS) is 11.7. The molecular weight excluding hydrogens is 578 g/mol. The fraction of sp³-hybridized carbons (Fsp3) is 0.950. The van der Waals surface area contributed by atoms with E-state index in [4.69, 9.17) is 0 Å². The molecule has 270 valence electrons. The molecule has 0 aromatic heterocycles. The van der Waals surface area contributed by atoms with Crippen LogP contribution in [0.1, 0.15) is 219 Å². The van der Waals surface area contributed by atoms with E-state index >= 15 is 0 Å². The average molecular weight is 659 g/mol. The fourth-order valence-electron chi connectivity index (χ4n) is 6.70. The Bertz CT molecular complexity index is 593. The summed E-state index contributed by atoms with van der Waals surface area (Å²) in [7, 11) is 3.54. The van der Waals surface area contributed by atoms with Crippen LogP contribution in [0.4, 0.5) is 0 Å². The number of unbranched alkanes of at least 4 members (excludes halogenated alkanes) is 28. The molecule has 0 saturated heterocycles. The molecule has 0 aromatic carbocycles. The zero-order valence-corrected chi connectivity index (χ0v) is 31.8. The van der Waals surface area contributed by atoms with Gasteiger partial charge in [0.05, 0.1) is 6.61 Å². The molecule has 0 saturated carbocycles. The lowest BCUT2D eigenvalue weighted by molar-refractivity contribution is -0.145. The first-order valence-electron chi connectivity index (χ1n) is 19.8. The van der Waals surface area contributed by atoms with Crippen LogP contribution >= 0.6 is 12.4 Å². The van der Waals surface area contributed by atoms with Crippen molar-refractivity contribution in [3.63, 3.8) is 0 Å². The number of aliphatic hydroxyl groups is 1. The average Bonchev–Trinajstić information content (AvgIpc) is 3.01. The Labute approximate surface area is 288 Å². The van der Waals surface area contributed by atoms with Gasteiger partial charge in [-0.2, -0.15) is 0 Å². The Morgan fingerprint density at radius 3 is 0.800 bits per heavy atom. The van der Waals surface area contributed by atoms with Gasteiger partial charge in [0.25, 0.3) is 0 Å². The molecule has 0 fully saturated rings. The van der Waals surface area contributed by atoms with Crippen LogP contribution in [-0.2, 0) is 9.59 Å². The highest BCUT2D eigenvalue weighted by Crippen LogP contribution is 2.23.